The molecular weight excluding hydrogens is 308 g/mol. The second-order valence-electron chi connectivity index (χ2n) is 6.28. The fourth-order valence-electron chi connectivity index (χ4n) is 3.14. The van der Waals surface area contributed by atoms with Gasteiger partial charge in [-0.25, -0.2) is 4.98 Å². The highest BCUT2D eigenvalue weighted by Gasteiger charge is 2.27. The number of amides is 1. The van der Waals surface area contributed by atoms with Crippen LogP contribution in [0.2, 0.25) is 0 Å². The van der Waals surface area contributed by atoms with Crippen LogP contribution in [0.1, 0.15) is 38.8 Å². The zero-order chi connectivity index (χ0) is 17.1. The first-order valence-electron chi connectivity index (χ1n) is 8.35. The first kappa shape index (κ1) is 16.6. The van der Waals surface area contributed by atoms with Gasteiger partial charge in [0.05, 0.1) is 12.3 Å². The predicted molar refractivity (Wildman–Crippen MR) is 89.6 cm³/mol. The van der Waals surface area contributed by atoms with Gasteiger partial charge in [-0.3, -0.25) is 4.79 Å². The number of anilines is 1. The van der Waals surface area contributed by atoms with E-state index in [9.17, 15) is 4.79 Å². The molecule has 0 radical (unpaired) electrons. The maximum absolute atomic E-state index is 12.8. The van der Waals surface area contributed by atoms with E-state index in [1.807, 2.05) is 17.9 Å². The number of rotatable bonds is 5. The van der Waals surface area contributed by atoms with E-state index in [2.05, 4.69) is 27.3 Å². The molecule has 1 fully saturated rings. The van der Waals surface area contributed by atoms with Gasteiger partial charge in [0.1, 0.15) is 18.2 Å². The lowest BCUT2D eigenvalue weighted by Crippen LogP contribution is -2.48. The fourth-order valence-corrected chi connectivity index (χ4v) is 3.14. The van der Waals surface area contributed by atoms with E-state index in [0.717, 1.165) is 25.1 Å². The summed E-state index contributed by atoms with van der Waals surface area (Å²) < 4.78 is 6.75. The molecule has 8 nitrogen and oxygen atoms in total. The van der Waals surface area contributed by atoms with Crippen LogP contribution in [0.15, 0.2) is 12.4 Å². The number of aromatic nitrogens is 4. The molecule has 0 bridgehead atoms. The fraction of sp³-hybridized carbons (Fsp3) is 0.625. The lowest BCUT2D eigenvalue weighted by molar-refractivity contribution is -0.134. The van der Waals surface area contributed by atoms with Crippen LogP contribution in [0.25, 0.3) is 5.78 Å². The number of piperidine rings is 1. The molecule has 130 valence electrons. The molecule has 2 atom stereocenters. The van der Waals surface area contributed by atoms with Crippen molar-refractivity contribution in [1.29, 1.82) is 0 Å². The van der Waals surface area contributed by atoms with Gasteiger partial charge in [-0.15, -0.1) is 0 Å². The Bertz CT molecular complexity index is 716. The third kappa shape index (κ3) is 3.33. The van der Waals surface area contributed by atoms with Crippen molar-refractivity contribution in [3.05, 3.63) is 18.1 Å². The number of nitrogens with one attached hydrogen (secondary N) is 1. The zero-order valence-corrected chi connectivity index (χ0v) is 14.4. The quantitative estimate of drug-likeness (QED) is 0.892. The highest BCUT2D eigenvalue weighted by atomic mass is 16.5. The molecule has 1 aliphatic heterocycles. The first-order valence-corrected chi connectivity index (χ1v) is 8.35. The van der Waals surface area contributed by atoms with E-state index in [0.29, 0.717) is 24.2 Å². The van der Waals surface area contributed by atoms with Crippen molar-refractivity contribution >= 4 is 17.5 Å². The maximum atomic E-state index is 12.8. The predicted octanol–water partition coefficient (Wildman–Crippen LogP) is 1.47. The molecule has 1 aliphatic rings. The Kier molecular flexibility index (Phi) is 4.94. The minimum Gasteiger partial charge on any atom is -0.378 e. The van der Waals surface area contributed by atoms with Gasteiger partial charge in [-0.05, 0) is 33.1 Å². The summed E-state index contributed by atoms with van der Waals surface area (Å²) in [5, 5.41) is 7.44. The number of hydrogen-bond acceptors (Lipinski definition) is 6. The monoisotopic (exact) mass is 332 g/mol. The normalized spacial score (nSPS) is 19.5. The molecule has 0 aliphatic carbocycles. The van der Waals surface area contributed by atoms with Crippen molar-refractivity contribution in [3.8, 4) is 0 Å². The van der Waals surface area contributed by atoms with E-state index in [1.165, 1.54) is 12.7 Å². The summed E-state index contributed by atoms with van der Waals surface area (Å²) in [6.45, 7) is 5.20. The van der Waals surface area contributed by atoms with Crippen LogP contribution in [0.3, 0.4) is 0 Å². The first-order chi connectivity index (χ1) is 11.6. The average molecular weight is 332 g/mol. The van der Waals surface area contributed by atoms with Crippen molar-refractivity contribution in [2.24, 2.45) is 0 Å². The van der Waals surface area contributed by atoms with E-state index in [1.54, 1.807) is 11.6 Å². The third-order valence-electron chi connectivity index (χ3n) is 4.42. The number of carbonyl (C=O) groups excluding carboxylic acids is 1. The molecule has 8 heteroatoms. The van der Waals surface area contributed by atoms with Crippen molar-refractivity contribution in [1.82, 2.24) is 24.5 Å². The summed E-state index contributed by atoms with van der Waals surface area (Å²) in [6.07, 6.45) is 4.78. The lowest BCUT2D eigenvalue weighted by atomic mass is 10.0. The maximum Gasteiger partial charge on any atom is 0.254 e. The molecule has 24 heavy (non-hydrogen) atoms. The summed E-state index contributed by atoms with van der Waals surface area (Å²) in [7, 11) is 1.62. The van der Waals surface area contributed by atoms with Gasteiger partial charge in [0, 0.05) is 25.8 Å². The summed E-state index contributed by atoms with van der Waals surface area (Å²) in [5.74, 6) is 1.29. The minimum atomic E-state index is -0.351. The number of nitrogens with zero attached hydrogens (tertiary/aromatic N) is 5. The van der Waals surface area contributed by atoms with Crippen molar-refractivity contribution in [2.45, 2.75) is 51.8 Å². The van der Waals surface area contributed by atoms with Gasteiger partial charge < -0.3 is 15.0 Å². The Morgan fingerprint density at radius 2 is 2.33 bits per heavy atom. The number of ether oxygens (including phenoxy) is 1. The Hall–Kier alpha value is -2.22. The Morgan fingerprint density at radius 3 is 3.08 bits per heavy atom. The highest BCUT2D eigenvalue weighted by molar-refractivity contribution is 5.84. The molecule has 1 N–H and O–H groups in total. The second-order valence-corrected chi connectivity index (χ2v) is 6.28. The molecule has 1 amide bonds. The van der Waals surface area contributed by atoms with Gasteiger partial charge in [-0.1, -0.05) is 0 Å². The zero-order valence-electron chi connectivity index (χ0n) is 14.4. The molecule has 0 spiro atoms. The Morgan fingerprint density at radius 1 is 1.50 bits per heavy atom. The summed E-state index contributed by atoms with van der Waals surface area (Å²) in [5.41, 5.74) is 0.742. The number of hydrogen-bond donors (Lipinski definition) is 1. The average Bonchev–Trinajstić information content (AvgIpc) is 3.03. The van der Waals surface area contributed by atoms with E-state index < -0.39 is 0 Å². The minimum absolute atomic E-state index is 0.112. The van der Waals surface area contributed by atoms with E-state index >= 15 is 0 Å². The molecule has 2 aromatic rings. The number of likely N-dealkylation sites (tertiary alicyclic amines) is 1. The van der Waals surface area contributed by atoms with Gasteiger partial charge in [-0.2, -0.15) is 14.6 Å². The molecular formula is C16H24N6O2. The molecule has 3 rings (SSSR count). The van der Waals surface area contributed by atoms with Crippen molar-refractivity contribution in [3.63, 3.8) is 0 Å². The van der Waals surface area contributed by atoms with Crippen molar-refractivity contribution in [2.75, 3.05) is 19.0 Å². The summed E-state index contributed by atoms with van der Waals surface area (Å²) >= 11 is 0. The number of fused-ring (bicyclic) bond motifs is 1. The second kappa shape index (κ2) is 7.12. The molecule has 0 saturated carbocycles. The third-order valence-corrected chi connectivity index (χ3v) is 4.42. The van der Waals surface area contributed by atoms with Crippen LogP contribution in [-0.4, -0.2) is 56.1 Å². The molecule has 2 aromatic heterocycles. The Balaban J connectivity index is 1.80. The molecule has 0 aromatic carbocycles. The van der Waals surface area contributed by atoms with E-state index in [-0.39, 0.29) is 11.9 Å². The largest absolute Gasteiger partial charge is 0.378 e. The van der Waals surface area contributed by atoms with Gasteiger partial charge in [0.2, 0.25) is 5.91 Å². The summed E-state index contributed by atoms with van der Waals surface area (Å²) in [6, 6.07) is 1.79. The van der Waals surface area contributed by atoms with Crippen LogP contribution in [-0.2, 0) is 16.1 Å². The van der Waals surface area contributed by atoms with E-state index in [4.69, 9.17) is 4.74 Å². The van der Waals surface area contributed by atoms with Crippen molar-refractivity contribution < 1.29 is 9.53 Å². The van der Waals surface area contributed by atoms with Gasteiger partial charge >= 0.3 is 0 Å². The lowest BCUT2D eigenvalue weighted by Gasteiger charge is -2.35. The highest BCUT2D eigenvalue weighted by Crippen LogP contribution is 2.19. The Labute approximate surface area is 141 Å². The van der Waals surface area contributed by atoms with Crippen LogP contribution < -0.4 is 5.32 Å². The number of methoxy groups -OCH3 is 1. The smallest absolute Gasteiger partial charge is 0.254 e. The number of carbonyl (C=O) groups is 1. The molecule has 1 saturated heterocycles. The van der Waals surface area contributed by atoms with Crippen LogP contribution in [0.5, 0.6) is 0 Å². The van der Waals surface area contributed by atoms with Gasteiger partial charge in [0.25, 0.3) is 5.78 Å². The molecule has 2 unspecified atom stereocenters. The van der Waals surface area contributed by atoms with Crippen LogP contribution in [0.4, 0.5) is 5.82 Å². The standard InChI is InChI=1S/C16H24N6O2/c1-11-6-4-5-7-21(11)15(23)12(2)19-14-8-13(9-24-3)20-16-17-10-18-22(14)16/h8,10-12,19H,4-7,9H2,1-3H3. The van der Waals surface area contributed by atoms with Crippen LogP contribution in [0, 0.1) is 0 Å². The topological polar surface area (TPSA) is 84.7 Å². The summed E-state index contributed by atoms with van der Waals surface area (Å²) in [4.78, 5) is 23.2. The molecule has 3 heterocycles. The van der Waals surface area contributed by atoms with Gasteiger partial charge in [0.15, 0.2) is 0 Å². The van der Waals surface area contributed by atoms with Crippen LogP contribution >= 0.6 is 0 Å². The SMILES string of the molecule is COCc1cc(NC(C)C(=O)N2CCCCC2C)n2ncnc2n1.